The van der Waals surface area contributed by atoms with Crippen molar-refractivity contribution < 1.29 is 38.1 Å². The first-order valence-corrected chi connectivity index (χ1v) is 11.2. The largest absolute Gasteiger partial charge is 0.481 e. The van der Waals surface area contributed by atoms with Crippen molar-refractivity contribution in [2.45, 2.75) is 19.8 Å². The molecule has 10 nitrogen and oxygen atoms in total. The van der Waals surface area contributed by atoms with Crippen LogP contribution in [0.2, 0.25) is 0 Å². The maximum Gasteiger partial charge on any atom is 0.383 e. The van der Waals surface area contributed by atoms with Crippen LogP contribution >= 0.6 is 0 Å². The summed E-state index contributed by atoms with van der Waals surface area (Å²) in [5.74, 6) is -2.12. The van der Waals surface area contributed by atoms with Crippen molar-refractivity contribution in [3.8, 4) is 0 Å². The van der Waals surface area contributed by atoms with E-state index in [1.54, 1.807) is 0 Å². The van der Waals surface area contributed by atoms with Crippen LogP contribution in [0.1, 0.15) is 32.1 Å². The Morgan fingerprint density at radius 3 is 2.00 bits per heavy atom. The van der Waals surface area contributed by atoms with Crippen LogP contribution in [0.25, 0.3) is 0 Å². The lowest BCUT2D eigenvalue weighted by Gasteiger charge is -2.10. The van der Waals surface area contributed by atoms with Crippen molar-refractivity contribution in [3.63, 3.8) is 0 Å². The third-order valence-electron chi connectivity index (χ3n) is 5.34. The molecule has 4 rings (SSSR count). The van der Waals surface area contributed by atoms with Gasteiger partial charge in [-0.2, -0.15) is 0 Å². The molecule has 0 N–H and O–H groups in total. The topological polar surface area (TPSA) is 115 Å². The number of hydrogen-bond donors (Lipinski definition) is 0. The Kier molecular flexibility index (Phi) is 7.99. The van der Waals surface area contributed by atoms with Crippen LogP contribution in [0.5, 0.6) is 0 Å². The van der Waals surface area contributed by atoms with E-state index in [9.17, 15) is 14.4 Å². The molecule has 2 aromatic carbocycles. The number of ether oxygens (including phenoxy) is 5. The van der Waals surface area contributed by atoms with Gasteiger partial charge in [-0.3, -0.25) is 0 Å². The second kappa shape index (κ2) is 11.7. The Balaban J connectivity index is 1.63. The molecule has 0 radical (unpaired) electrons. The quantitative estimate of drug-likeness (QED) is 0.302. The monoisotopic (exact) mass is 504 g/mol. The Bertz CT molecular complexity index is 1340. The van der Waals surface area contributed by atoms with Crippen LogP contribution in [-0.2, 0) is 48.2 Å². The summed E-state index contributed by atoms with van der Waals surface area (Å²) >= 11 is 0. The first-order valence-electron chi connectivity index (χ1n) is 11.2. The van der Waals surface area contributed by atoms with Gasteiger partial charge in [0.2, 0.25) is 5.76 Å². The standard InChI is InChI=1S/C27H24N2O8/c1-33-25(30)21-22(26(31)34-2)29(17-28-21)14-13-20-23(35-15-18-9-5-3-6-10-18)24(27(32)37-20)36-16-19-11-7-4-8-12-19/h3-13,17H,14-16H2,1-2H3/b20-13+. The number of benzene rings is 2. The first kappa shape index (κ1) is 25.2. The summed E-state index contributed by atoms with van der Waals surface area (Å²) < 4.78 is 28.1. The number of esters is 3. The number of hydrogen-bond acceptors (Lipinski definition) is 9. The summed E-state index contributed by atoms with van der Waals surface area (Å²) in [5, 5.41) is 0. The van der Waals surface area contributed by atoms with Gasteiger partial charge in [-0.05, 0) is 17.2 Å². The molecule has 0 unspecified atom stereocenters. The van der Waals surface area contributed by atoms with E-state index in [-0.39, 0.29) is 48.4 Å². The van der Waals surface area contributed by atoms with E-state index in [0.29, 0.717) is 0 Å². The molecule has 190 valence electrons. The normalized spacial score (nSPS) is 13.9. The Hall–Kier alpha value is -4.86. The van der Waals surface area contributed by atoms with E-state index >= 15 is 0 Å². The van der Waals surface area contributed by atoms with Crippen molar-refractivity contribution in [3.05, 3.63) is 113 Å². The molecule has 0 atom stereocenters. The van der Waals surface area contributed by atoms with E-state index in [2.05, 4.69) is 4.98 Å². The predicted octanol–water partition coefficient (Wildman–Crippen LogP) is 3.54. The average molecular weight is 504 g/mol. The van der Waals surface area contributed by atoms with Gasteiger partial charge >= 0.3 is 17.9 Å². The molecule has 0 bridgehead atoms. The summed E-state index contributed by atoms with van der Waals surface area (Å²) in [7, 11) is 2.37. The maximum atomic E-state index is 12.7. The summed E-state index contributed by atoms with van der Waals surface area (Å²) in [5.41, 5.74) is 1.44. The molecule has 0 aliphatic carbocycles. The number of aromatic nitrogens is 2. The molecule has 2 heterocycles. The lowest BCUT2D eigenvalue weighted by molar-refractivity contribution is -0.136. The molecular formula is C27H24N2O8. The van der Waals surface area contributed by atoms with Gasteiger partial charge in [0, 0.05) is 6.54 Å². The summed E-state index contributed by atoms with van der Waals surface area (Å²) in [4.78, 5) is 41.1. The second-order valence-corrected chi connectivity index (χ2v) is 7.74. The average Bonchev–Trinajstić information content (AvgIpc) is 3.50. The van der Waals surface area contributed by atoms with E-state index in [1.165, 1.54) is 31.2 Å². The lowest BCUT2D eigenvalue weighted by Crippen LogP contribution is -2.15. The highest BCUT2D eigenvalue weighted by atomic mass is 16.6. The SMILES string of the molecule is COC(=O)c1ncn(C/C=C2/OC(=O)C(OCc3ccccc3)=C2OCc2ccccc2)c1C(=O)OC. The zero-order valence-corrected chi connectivity index (χ0v) is 20.2. The zero-order valence-electron chi connectivity index (χ0n) is 20.2. The van der Waals surface area contributed by atoms with Gasteiger partial charge in [0.05, 0.1) is 20.5 Å². The second-order valence-electron chi connectivity index (χ2n) is 7.74. The van der Waals surface area contributed by atoms with Crippen molar-refractivity contribution in [1.82, 2.24) is 9.55 Å². The van der Waals surface area contributed by atoms with Gasteiger partial charge < -0.3 is 28.3 Å². The number of methoxy groups -OCH3 is 2. The molecule has 1 aliphatic rings. The van der Waals surface area contributed by atoms with Gasteiger partial charge in [-0.25, -0.2) is 19.4 Å². The minimum atomic E-state index is -0.789. The van der Waals surface area contributed by atoms with Crippen LogP contribution in [0.15, 0.2) is 90.3 Å². The van der Waals surface area contributed by atoms with Gasteiger partial charge in [0.25, 0.3) is 5.76 Å². The molecule has 10 heteroatoms. The van der Waals surface area contributed by atoms with Crippen molar-refractivity contribution in [2.75, 3.05) is 14.2 Å². The molecule has 0 saturated carbocycles. The summed E-state index contributed by atoms with van der Waals surface area (Å²) in [6, 6.07) is 18.8. The summed E-state index contributed by atoms with van der Waals surface area (Å²) in [6.45, 7) is 0.293. The molecule has 0 amide bonds. The third-order valence-corrected chi connectivity index (χ3v) is 5.34. The van der Waals surface area contributed by atoms with Crippen molar-refractivity contribution in [2.24, 2.45) is 0 Å². The molecule has 1 aromatic heterocycles. The minimum absolute atomic E-state index is 0.00119. The Morgan fingerprint density at radius 2 is 1.43 bits per heavy atom. The third kappa shape index (κ3) is 5.87. The first-order chi connectivity index (χ1) is 18.0. The fourth-order valence-corrected chi connectivity index (χ4v) is 3.51. The molecule has 3 aromatic rings. The zero-order chi connectivity index (χ0) is 26.2. The van der Waals surface area contributed by atoms with Crippen molar-refractivity contribution >= 4 is 17.9 Å². The molecule has 0 spiro atoms. The molecule has 37 heavy (non-hydrogen) atoms. The fraction of sp³-hybridized carbons (Fsp3) is 0.185. The molecule has 0 fully saturated rings. The molecule has 1 aliphatic heterocycles. The number of carbonyl (C=O) groups is 3. The number of nitrogens with zero attached hydrogens (tertiary/aromatic N) is 2. The van der Waals surface area contributed by atoms with Crippen molar-refractivity contribution in [1.29, 1.82) is 0 Å². The number of rotatable bonds is 10. The van der Waals surface area contributed by atoms with Crippen LogP contribution in [0.3, 0.4) is 0 Å². The van der Waals surface area contributed by atoms with E-state index < -0.39 is 17.9 Å². The maximum absolute atomic E-state index is 12.7. The Labute approximate surface area is 212 Å². The van der Waals surface area contributed by atoms with Gasteiger partial charge in [-0.1, -0.05) is 60.7 Å². The van der Waals surface area contributed by atoms with E-state index in [4.69, 9.17) is 23.7 Å². The highest BCUT2D eigenvalue weighted by Crippen LogP contribution is 2.30. The van der Waals surface area contributed by atoms with Gasteiger partial charge in [-0.15, -0.1) is 0 Å². The smallest absolute Gasteiger partial charge is 0.383 e. The molecular weight excluding hydrogens is 480 g/mol. The number of cyclic esters (lactones) is 1. The predicted molar refractivity (Wildman–Crippen MR) is 129 cm³/mol. The van der Waals surface area contributed by atoms with Crippen LogP contribution in [0, 0.1) is 0 Å². The highest BCUT2D eigenvalue weighted by Gasteiger charge is 2.34. The van der Waals surface area contributed by atoms with Crippen LogP contribution in [-0.4, -0.2) is 41.7 Å². The lowest BCUT2D eigenvalue weighted by atomic mass is 10.2. The molecule has 0 saturated heterocycles. The summed E-state index contributed by atoms with van der Waals surface area (Å²) in [6.07, 6.45) is 2.81. The van der Waals surface area contributed by atoms with Gasteiger partial charge in [0.15, 0.2) is 17.1 Å². The van der Waals surface area contributed by atoms with Gasteiger partial charge in [0.1, 0.15) is 13.2 Å². The number of imidazole rings is 1. The van der Waals surface area contributed by atoms with E-state index in [1.807, 2.05) is 60.7 Å². The minimum Gasteiger partial charge on any atom is -0.481 e. The van der Waals surface area contributed by atoms with Crippen LogP contribution < -0.4 is 0 Å². The van der Waals surface area contributed by atoms with Crippen LogP contribution in [0.4, 0.5) is 0 Å². The highest BCUT2D eigenvalue weighted by molar-refractivity contribution is 6.00. The fourth-order valence-electron chi connectivity index (χ4n) is 3.51. The van der Waals surface area contributed by atoms with E-state index in [0.717, 1.165) is 11.1 Å². The Morgan fingerprint density at radius 1 is 0.865 bits per heavy atom. The number of carbonyl (C=O) groups excluding carboxylic acids is 3. The number of allylic oxidation sites excluding steroid dienone is 1.